The van der Waals surface area contributed by atoms with E-state index in [1.807, 2.05) is 6.07 Å². The summed E-state index contributed by atoms with van der Waals surface area (Å²) in [5.41, 5.74) is 5.58. The third-order valence-corrected chi connectivity index (χ3v) is 2.64. The largest absolute Gasteiger partial charge is 0.324 e. The lowest BCUT2D eigenvalue weighted by atomic mass is 10.2. The summed E-state index contributed by atoms with van der Waals surface area (Å²) in [6, 6.07) is 4.49. The number of thiophene rings is 1. The maximum Gasteiger partial charge on any atom is 0.324 e. The number of hydrogen-bond acceptors (Lipinski definition) is 5. The lowest BCUT2D eigenvalue weighted by molar-refractivity contribution is -0.380. The van der Waals surface area contributed by atoms with Crippen LogP contribution in [0.3, 0.4) is 0 Å². The molecule has 68 valence electrons. The summed E-state index contributed by atoms with van der Waals surface area (Å²) in [5, 5.41) is 18.7. The zero-order valence-corrected chi connectivity index (χ0v) is 7.45. The highest BCUT2D eigenvalue weighted by molar-refractivity contribution is 7.15. The maximum absolute atomic E-state index is 10.3. The predicted molar refractivity (Wildman–Crippen MR) is 48.1 cm³/mol. The number of nitriles is 1. The van der Waals surface area contributed by atoms with Crippen molar-refractivity contribution in [1.29, 1.82) is 5.26 Å². The average molecular weight is 197 g/mol. The van der Waals surface area contributed by atoms with E-state index in [0.717, 1.165) is 11.3 Å². The number of nitrogens with zero attached hydrogens (tertiary/aromatic N) is 2. The van der Waals surface area contributed by atoms with Gasteiger partial charge in [-0.25, -0.2) is 0 Å². The first-order chi connectivity index (χ1) is 6.15. The molecule has 0 fully saturated rings. The van der Waals surface area contributed by atoms with E-state index in [4.69, 9.17) is 11.0 Å². The zero-order valence-electron chi connectivity index (χ0n) is 6.64. The van der Waals surface area contributed by atoms with Gasteiger partial charge in [-0.05, 0) is 6.07 Å². The highest BCUT2D eigenvalue weighted by atomic mass is 32.1. The molecule has 5 nitrogen and oxygen atoms in total. The molecule has 1 heterocycles. The fraction of sp³-hybridized carbons (Fsp3) is 0.286. The summed E-state index contributed by atoms with van der Waals surface area (Å²) in [6.45, 7) is 0. The Kier molecular flexibility index (Phi) is 2.95. The maximum atomic E-state index is 10.3. The van der Waals surface area contributed by atoms with Gasteiger partial charge < -0.3 is 5.73 Å². The van der Waals surface area contributed by atoms with Crippen LogP contribution in [0.15, 0.2) is 12.1 Å². The molecule has 0 aromatic carbocycles. The normalized spacial score (nSPS) is 12.0. The molecule has 0 radical (unpaired) electrons. The van der Waals surface area contributed by atoms with Crippen LogP contribution >= 0.6 is 11.3 Å². The third-order valence-electron chi connectivity index (χ3n) is 1.47. The van der Waals surface area contributed by atoms with Crippen LogP contribution in [0.25, 0.3) is 0 Å². The monoisotopic (exact) mass is 197 g/mol. The van der Waals surface area contributed by atoms with Gasteiger partial charge >= 0.3 is 5.00 Å². The van der Waals surface area contributed by atoms with Crippen LogP contribution in [-0.4, -0.2) is 4.92 Å². The van der Waals surface area contributed by atoms with Crippen molar-refractivity contribution in [1.82, 2.24) is 0 Å². The molecule has 0 aliphatic rings. The minimum atomic E-state index is -0.465. The van der Waals surface area contributed by atoms with Crippen LogP contribution in [-0.2, 0) is 0 Å². The molecule has 2 N–H and O–H groups in total. The second-order valence-corrected chi connectivity index (χ2v) is 3.50. The molecule has 1 rings (SSSR count). The molecule has 0 amide bonds. The molecular weight excluding hydrogens is 190 g/mol. The predicted octanol–water partition coefficient (Wildman–Crippen LogP) is 1.57. The Morgan fingerprint density at radius 2 is 2.46 bits per heavy atom. The van der Waals surface area contributed by atoms with E-state index in [1.54, 1.807) is 6.07 Å². The van der Waals surface area contributed by atoms with Crippen LogP contribution in [0.2, 0.25) is 0 Å². The van der Waals surface area contributed by atoms with Crippen molar-refractivity contribution in [2.75, 3.05) is 0 Å². The Balaban J connectivity index is 2.80. The Morgan fingerprint density at radius 3 is 2.92 bits per heavy atom. The first-order valence-electron chi connectivity index (χ1n) is 3.52. The quantitative estimate of drug-likeness (QED) is 0.587. The van der Waals surface area contributed by atoms with E-state index < -0.39 is 11.0 Å². The van der Waals surface area contributed by atoms with Crippen molar-refractivity contribution in [3.05, 3.63) is 27.1 Å². The Morgan fingerprint density at radius 1 is 1.77 bits per heavy atom. The molecule has 13 heavy (non-hydrogen) atoms. The van der Waals surface area contributed by atoms with Gasteiger partial charge in [-0.2, -0.15) is 5.26 Å². The van der Waals surface area contributed by atoms with Gasteiger partial charge in [0.15, 0.2) is 0 Å². The molecule has 0 aliphatic heterocycles. The number of rotatable bonds is 3. The van der Waals surface area contributed by atoms with Crippen molar-refractivity contribution < 1.29 is 4.92 Å². The minimum absolute atomic E-state index is 0.0587. The standard InChI is InChI=1S/C7H7N3O2S/c8-4-3-5(9)6-1-2-7(13-6)10(11)12/h1-2,5H,3,9H2. The molecule has 1 atom stereocenters. The molecule has 0 saturated heterocycles. The lowest BCUT2D eigenvalue weighted by Gasteiger charge is -2.00. The van der Waals surface area contributed by atoms with E-state index in [-0.39, 0.29) is 11.4 Å². The summed E-state index contributed by atoms with van der Waals surface area (Å²) < 4.78 is 0. The van der Waals surface area contributed by atoms with Gasteiger partial charge in [0.2, 0.25) is 0 Å². The van der Waals surface area contributed by atoms with Gasteiger partial charge in [-0.1, -0.05) is 11.3 Å². The summed E-state index contributed by atoms with van der Waals surface area (Å²) in [6.07, 6.45) is 0.178. The van der Waals surface area contributed by atoms with Crippen molar-refractivity contribution >= 4 is 16.3 Å². The fourth-order valence-corrected chi connectivity index (χ4v) is 1.66. The zero-order chi connectivity index (χ0) is 9.84. The van der Waals surface area contributed by atoms with E-state index in [2.05, 4.69) is 0 Å². The SMILES string of the molecule is N#CCC(N)c1ccc([N+](=O)[O-])s1. The molecule has 0 spiro atoms. The summed E-state index contributed by atoms with van der Waals surface area (Å²) in [4.78, 5) is 10.5. The molecule has 6 heteroatoms. The van der Waals surface area contributed by atoms with Crippen molar-refractivity contribution in [3.8, 4) is 6.07 Å². The number of hydrogen-bond donors (Lipinski definition) is 1. The summed E-state index contributed by atoms with van der Waals surface area (Å²) in [5.74, 6) is 0. The Hall–Kier alpha value is -1.45. The molecule has 0 aliphatic carbocycles. The molecule has 1 unspecified atom stereocenters. The van der Waals surface area contributed by atoms with Gasteiger partial charge in [-0.15, -0.1) is 0 Å². The van der Waals surface area contributed by atoms with E-state index in [1.165, 1.54) is 6.07 Å². The van der Waals surface area contributed by atoms with Gasteiger partial charge in [0, 0.05) is 10.9 Å². The lowest BCUT2D eigenvalue weighted by Crippen LogP contribution is -2.06. The molecule has 1 aromatic rings. The Labute approximate surface area is 78.6 Å². The molecular formula is C7H7N3O2S. The highest BCUT2D eigenvalue weighted by Crippen LogP contribution is 2.28. The topological polar surface area (TPSA) is 93.0 Å². The number of nitrogens with two attached hydrogens (primary N) is 1. The molecule has 1 aromatic heterocycles. The van der Waals surface area contributed by atoms with Crippen molar-refractivity contribution in [3.63, 3.8) is 0 Å². The number of nitro groups is 1. The van der Waals surface area contributed by atoms with E-state index in [0.29, 0.717) is 4.88 Å². The third kappa shape index (κ3) is 2.24. The van der Waals surface area contributed by atoms with Crippen molar-refractivity contribution in [2.24, 2.45) is 5.73 Å². The minimum Gasteiger partial charge on any atom is -0.322 e. The first kappa shape index (κ1) is 9.64. The van der Waals surface area contributed by atoms with Crippen LogP contribution in [0.1, 0.15) is 17.3 Å². The smallest absolute Gasteiger partial charge is 0.322 e. The van der Waals surface area contributed by atoms with Gasteiger partial charge in [-0.3, -0.25) is 10.1 Å². The van der Waals surface area contributed by atoms with Crippen LogP contribution in [0, 0.1) is 21.4 Å². The van der Waals surface area contributed by atoms with Crippen molar-refractivity contribution in [2.45, 2.75) is 12.5 Å². The second-order valence-electron chi connectivity index (χ2n) is 2.40. The van der Waals surface area contributed by atoms with Crippen LogP contribution in [0.5, 0.6) is 0 Å². The van der Waals surface area contributed by atoms with E-state index >= 15 is 0 Å². The van der Waals surface area contributed by atoms with E-state index in [9.17, 15) is 10.1 Å². The summed E-state index contributed by atoms with van der Waals surface area (Å²) >= 11 is 1.01. The fourth-order valence-electron chi connectivity index (χ4n) is 0.839. The molecule has 0 bridgehead atoms. The van der Waals surface area contributed by atoms with Crippen LogP contribution < -0.4 is 5.73 Å². The van der Waals surface area contributed by atoms with Gasteiger partial charge in [0.25, 0.3) is 0 Å². The summed E-state index contributed by atoms with van der Waals surface area (Å²) in [7, 11) is 0. The molecule has 0 saturated carbocycles. The van der Waals surface area contributed by atoms with Gasteiger partial charge in [0.05, 0.1) is 23.5 Å². The first-order valence-corrected chi connectivity index (χ1v) is 4.33. The highest BCUT2D eigenvalue weighted by Gasteiger charge is 2.14. The second kappa shape index (κ2) is 3.98. The van der Waals surface area contributed by atoms with Crippen LogP contribution in [0.4, 0.5) is 5.00 Å². The Bertz CT molecular complexity index is 355. The van der Waals surface area contributed by atoms with Gasteiger partial charge in [0.1, 0.15) is 0 Å². The average Bonchev–Trinajstić information content (AvgIpc) is 2.52.